The Morgan fingerprint density at radius 2 is 1.83 bits per heavy atom. The van der Waals surface area contributed by atoms with Crippen molar-refractivity contribution >= 4 is 29.6 Å². The zero-order valence-corrected chi connectivity index (χ0v) is 12.1. The van der Waals surface area contributed by atoms with Gasteiger partial charge in [0.05, 0.1) is 0 Å². The molecule has 5 nitrogen and oxygen atoms in total. The lowest BCUT2D eigenvalue weighted by Crippen LogP contribution is -2.64. The normalized spacial score (nSPS) is 20.9. The number of hydrogen-bond acceptors (Lipinski definition) is 4. The number of carbonyl (C=O) groups is 3. The second-order valence-corrected chi connectivity index (χ2v) is 5.79. The molecule has 0 aromatic carbocycles. The van der Waals surface area contributed by atoms with Crippen LogP contribution in [0, 0.1) is 5.41 Å². The zero-order valence-electron chi connectivity index (χ0n) is 11.3. The van der Waals surface area contributed by atoms with E-state index in [0.717, 1.165) is 0 Å². The predicted molar refractivity (Wildman–Crippen MR) is 71.2 cm³/mol. The van der Waals surface area contributed by atoms with Crippen molar-refractivity contribution in [2.24, 2.45) is 5.41 Å². The lowest BCUT2D eigenvalue weighted by molar-refractivity contribution is -0.152. The van der Waals surface area contributed by atoms with Gasteiger partial charge in [0.1, 0.15) is 5.41 Å². The summed E-state index contributed by atoms with van der Waals surface area (Å²) in [7, 11) is 0. The number of amides is 4. The van der Waals surface area contributed by atoms with E-state index in [1.807, 2.05) is 13.2 Å². The molecule has 1 N–H and O–H groups in total. The number of hydrogen-bond donors (Lipinski definition) is 1. The molecule has 0 saturated carbocycles. The molecule has 0 aromatic heterocycles. The summed E-state index contributed by atoms with van der Waals surface area (Å²) in [4.78, 5) is 37.3. The smallest absolute Gasteiger partial charge is 0.277 e. The van der Waals surface area contributed by atoms with Crippen LogP contribution in [0.4, 0.5) is 4.79 Å². The molecule has 1 aliphatic heterocycles. The van der Waals surface area contributed by atoms with Crippen LogP contribution in [0.15, 0.2) is 0 Å². The molecule has 0 spiro atoms. The molecule has 0 bridgehead atoms. The molecule has 0 radical (unpaired) electrons. The molecule has 1 rings (SSSR count). The Morgan fingerprint density at radius 3 is 2.28 bits per heavy atom. The van der Waals surface area contributed by atoms with E-state index >= 15 is 0 Å². The van der Waals surface area contributed by atoms with E-state index in [0.29, 0.717) is 19.4 Å². The van der Waals surface area contributed by atoms with Gasteiger partial charge in [0.25, 0.3) is 0 Å². The highest BCUT2D eigenvalue weighted by Gasteiger charge is 2.51. The Labute approximate surface area is 112 Å². The average Bonchev–Trinajstić information content (AvgIpc) is 2.35. The van der Waals surface area contributed by atoms with Crippen molar-refractivity contribution in [1.29, 1.82) is 0 Å². The van der Waals surface area contributed by atoms with E-state index in [-0.39, 0.29) is 11.2 Å². The lowest BCUT2D eigenvalue weighted by Gasteiger charge is -2.38. The van der Waals surface area contributed by atoms with Crippen molar-refractivity contribution < 1.29 is 14.4 Å². The third-order valence-electron chi connectivity index (χ3n) is 3.60. The minimum Gasteiger partial charge on any atom is -0.277 e. The molecule has 1 unspecified atom stereocenters. The monoisotopic (exact) mass is 272 g/mol. The molecule has 1 saturated heterocycles. The summed E-state index contributed by atoms with van der Waals surface area (Å²) < 4.78 is 0. The quantitative estimate of drug-likeness (QED) is 0.772. The highest BCUT2D eigenvalue weighted by atomic mass is 32.2. The molecule has 4 amide bonds. The van der Waals surface area contributed by atoms with E-state index in [9.17, 15) is 14.4 Å². The molecule has 1 fully saturated rings. The Bertz CT molecular complexity index is 366. The average molecular weight is 272 g/mol. The largest absolute Gasteiger partial charge is 0.330 e. The van der Waals surface area contributed by atoms with Crippen LogP contribution in [-0.4, -0.2) is 40.8 Å². The van der Waals surface area contributed by atoms with E-state index in [4.69, 9.17) is 0 Å². The van der Waals surface area contributed by atoms with Crippen LogP contribution in [0.3, 0.4) is 0 Å². The fourth-order valence-corrected chi connectivity index (χ4v) is 2.40. The third-order valence-corrected chi connectivity index (χ3v) is 4.56. The van der Waals surface area contributed by atoms with Gasteiger partial charge in [-0.3, -0.25) is 19.8 Å². The van der Waals surface area contributed by atoms with Gasteiger partial charge < -0.3 is 0 Å². The number of imide groups is 2. The summed E-state index contributed by atoms with van der Waals surface area (Å²) in [5.41, 5.74) is -1.08. The Kier molecular flexibility index (Phi) is 4.78. The van der Waals surface area contributed by atoms with Gasteiger partial charge in [0.2, 0.25) is 11.8 Å². The maximum absolute atomic E-state index is 12.4. The topological polar surface area (TPSA) is 66.5 Å². The highest BCUT2D eigenvalue weighted by Crippen LogP contribution is 2.32. The fourth-order valence-electron chi connectivity index (χ4n) is 2.10. The molecule has 6 heteroatoms. The van der Waals surface area contributed by atoms with Gasteiger partial charge in [-0.05, 0) is 19.1 Å². The van der Waals surface area contributed by atoms with E-state index < -0.39 is 17.4 Å². The van der Waals surface area contributed by atoms with Gasteiger partial charge in [-0.1, -0.05) is 20.8 Å². The number of rotatable bonds is 5. The second kappa shape index (κ2) is 5.73. The van der Waals surface area contributed by atoms with Crippen LogP contribution in [0.2, 0.25) is 0 Å². The van der Waals surface area contributed by atoms with Gasteiger partial charge >= 0.3 is 6.03 Å². The maximum Gasteiger partial charge on any atom is 0.330 e. The number of thioether (sulfide) groups is 1. The van der Waals surface area contributed by atoms with Crippen molar-refractivity contribution in [1.82, 2.24) is 10.2 Å². The highest BCUT2D eigenvalue weighted by molar-refractivity contribution is 7.99. The van der Waals surface area contributed by atoms with Gasteiger partial charge in [0, 0.05) is 11.8 Å². The molecule has 1 atom stereocenters. The molecule has 0 aliphatic carbocycles. The number of urea groups is 1. The van der Waals surface area contributed by atoms with Gasteiger partial charge in [-0.25, -0.2) is 4.79 Å². The number of nitrogens with zero attached hydrogens (tertiary/aromatic N) is 1. The first kappa shape index (κ1) is 15.0. The van der Waals surface area contributed by atoms with E-state index in [2.05, 4.69) is 5.32 Å². The summed E-state index contributed by atoms with van der Waals surface area (Å²) in [5.74, 6) is -0.822. The van der Waals surface area contributed by atoms with Crippen LogP contribution in [0.1, 0.15) is 33.6 Å². The van der Waals surface area contributed by atoms with Crippen molar-refractivity contribution in [2.75, 3.05) is 12.8 Å². The second-order valence-electron chi connectivity index (χ2n) is 4.51. The first-order valence-corrected chi connectivity index (χ1v) is 7.41. The molecular formula is C12H20N2O3S. The molecular weight excluding hydrogens is 252 g/mol. The minimum absolute atomic E-state index is 0.152. The molecule has 1 heterocycles. The molecule has 18 heavy (non-hydrogen) atoms. The van der Waals surface area contributed by atoms with E-state index in [1.54, 1.807) is 25.6 Å². The number of barbiturate groups is 1. The van der Waals surface area contributed by atoms with Crippen LogP contribution < -0.4 is 5.32 Å². The summed E-state index contributed by atoms with van der Waals surface area (Å²) in [6, 6.07) is -0.594. The zero-order chi connectivity index (χ0) is 13.9. The molecule has 0 aromatic rings. The Balaban J connectivity index is 3.02. The van der Waals surface area contributed by atoms with Crippen molar-refractivity contribution in [2.45, 2.75) is 38.9 Å². The van der Waals surface area contributed by atoms with E-state index in [1.165, 1.54) is 4.90 Å². The van der Waals surface area contributed by atoms with Crippen molar-refractivity contribution in [3.05, 3.63) is 0 Å². The van der Waals surface area contributed by atoms with Crippen LogP contribution in [0.5, 0.6) is 0 Å². The number of nitrogens with one attached hydrogen (secondary N) is 1. The third kappa shape index (κ3) is 2.39. The Hall–Kier alpha value is -1.04. The maximum atomic E-state index is 12.4. The van der Waals surface area contributed by atoms with Crippen molar-refractivity contribution in [3.63, 3.8) is 0 Å². The summed E-state index contributed by atoms with van der Waals surface area (Å²) in [5, 5.41) is 2.45. The first-order chi connectivity index (χ1) is 8.42. The van der Waals surface area contributed by atoms with Gasteiger partial charge in [-0.15, -0.1) is 0 Å². The molecule has 102 valence electrons. The van der Waals surface area contributed by atoms with Crippen LogP contribution >= 0.6 is 11.8 Å². The summed E-state index contributed by atoms with van der Waals surface area (Å²) in [6.07, 6.45) is 2.74. The summed E-state index contributed by atoms with van der Waals surface area (Å²) >= 11 is 1.58. The minimum atomic E-state index is -1.08. The Morgan fingerprint density at radius 1 is 1.28 bits per heavy atom. The number of carbonyl (C=O) groups excluding carboxylic acids is 3. The summed E-state index contributed by atoms with van der Waals surface area (Å²) in [6.45, 7) is 5.88. The van der Waals surface area contributed by atoms with Crippen molar-refractivity contribution in [3.8, 4) is 0 Å². The fraction of sp³-hybridized carbons (Fsp3) is 0.750. The van der Waals surface area contributed by atoms with Gasteiger partial charge in [-0.2, -0.15) is 11.8 Å². The van der Waals surface area contributed by atoms with Gasteiger partial charge in [0.15, 0.2) is 0 Å². The SMILES string of the molecule is CCC1(CC)C(=O)NC(=O)N(CC(C)SC)C1=O. The van der Waals surface area contributed by atoms with Crippen LogP contribution in [-0.2, 0) is 9.59 Å². The first-order valence-electron chi connectivity index (χ1n) is 6.13. The van der Waals surface area contributed by atoms with Crippen LogP contribution in [0.25, 0.3) is 0 Å². The lowest BCUT2D eigenvalue weighted by atomic mass is 9.78. The standard InChI is InChI=1S/C12H20N2O3S/c1-5-12(6-2)9(15)13-11(17)14(10(12)16)7-8(3)18-4/h8H,5-7H2,1-4H3,(H,13,15,17). The molecule has 1 aliphatic rings. The predicted octanol–water partition coefficient (Wildman–Crippen LogP) is 1.62.